The van der Waals surface area contributed by atoms with Crippen molar-refractivity contribution in [3.63, 3.8) is 0 Å². The lowest BCUT2D eigenvalue weighted by Crippen LogP contribution is -2.19. The zero-order valence-corrected chi connectivity index (χ0v) is 21.1. The fourth-order valence-electron chi connectivity index (χ4n) is 3.85. The number of carbonyl (C=O) groups is 1. The van der Waals surface area contributed by atoms with E-state index in [-0.39, 0.29) is 36.3 Å². The molecule has 0 radical (unpaired) electrons. The van der Waals surface area contributed by atoms with E-state index >= 15 is 0 Å². The van der Waals surface area contributed by atoms with Gasteiger partial charge in [0.25, 0.3) is 5.91 Å². The molecule has 0 aliphatic heterocycles. The summed E-state index contributed by atoms with van der Waals surface area (Å²) in [7, 11) is 1.52. The van der Waals surface area contributed by atoms with Gasteiger partial charge in [-0.05, 0) is 35.7 Å². The smallest absolute Gasteiger partial charge is 0.251 e. The molecule has 1 amide bonds. The number of halogens is 1. The number of anilines is 1. The Bertz CT molecular complexity index is 1330. The molecule has 0 saturated carbocycles. The largest absolute Gasteiger partial charge is 0.369 e. The van der Waals surface area contributed by atoms with Gasteiger partial charge in [-0.2, -0.15) is 13.5 Å². The van der Waals surface area contributed by atoms with Gasteiger partial charge < -0.3 is 10.6 Å². The Morgan fingerprint density at radius 1 is 1.03 bits per heavy atom. The first kappa shape index (κ1) is 26.0. The molecule has 3 heterocycles. The van der Waals surface area contributed by atoms with Crippen LogP contribution in [0.1, 0.15) is 54.2 Å². The maximum Gasteiger partial charge on any atom is 0.251 e. The van der Waals surface area contributed by atoms with Crippen molar-refractivity contribution in [2.75, 3.05) is 18.9 Å². The van der Waals surface area contributed by atoms with E-state index in [1.54, 1.807) is 6.07 Å². The van der Waals surface area contributed by atoms with Gasteiger partial charge in [-0.15, -0.1) is 0 Å². The number of aromatic nitrogens is 4. The van der Waals surface area contributed by atoms with Gasteiger partial charge in [0.2, 0.25) is 0 Å². The fourth-order valence-corrected chi connectivity index (χ4v) is 3.85. The van der Waals surface area contributed by atoms with Gasteiger partial charge in [0, 0.05) is 54.6 Å². The number of hydrogen-bond donors (Lipinski definition) is 2. The van der Waals surface area contributed by atoms with Gasteiger partial charge in [-0.1, -0.05) is 26.8 Å². The van der Waals surface area contributed by atoms with E-state index in [9.17, 15) is 9.18 Å². The van der Waals surface area contributed by atoms with Gasteiger partial charge in [0.15, 0.2) is 0 Å². The maximum absolute atomic E-state index is 14.7. The molecule has 1 atom stereocenters. The predicted octanol–water partition coefficient (Wildman–Crippen LogP) is 5.04. The van der Waals surface area contributed by atoms with E-state index in [0.717, 1.165) is 22.5 Å². The Labute approximate surface area is 211 Å². The third-order valence-corrected chi connectivity index (χ3v) is 5.81. The number of fused-ring (bicyclic) bond motifs is 1. The fraction of sp³-hybridized carbons (Fsp3) is 0.269. The van der Waals surface area contributed by atoms with E-state index in [0.29, 0.717) is 23.8 Å². The minimum Gasteiger partial charge on any atom is -0.369 e. The highest BCUT2D eigenvalue weighted by molar-refractivity contribution is 7.59. The first-order valence-corrected chi connectivity index (χ1v) is 11.2. The van der Waals surface area contributed by atoms with Crippen LogP contribution in [-0.2, 0) is 0 Å². The van der Waals surface area contributed by atoms with E-state index in [4.69, 9.17) is 0 Å². The molecule has 4 rings (SSSR count). The van der Waals surface area contributed by atoms with E-state index in [2.05, 4.69) is 44.4 Å². The number of hydrogen-bond acceptors (Lipinski definition) is 6. The molecular formula is C26H29FN6OS. The summed E-state index contributed by atoms with van der Waals surface area (Å²) in [4.78, 5) is 29.8. The van der Waals surface area contributed by atoms with Crippen LogP contribution in [0.3, 0.4) is 0 Å². The maximum atomic E-state index is 14.7. The van der Waals surface area contributed by atoms with Crippen molar-refractivity contribution in [1.29, 1.82) is 0 Å². The van der Waals surface area contributed by atoms with Crippen molar-refractivity contribution in [1.82, 2.24) is 25.3 Å². The number of nitrogens with one attached hydrogen (secondary N) is 2. The zero-order chi connectivity index (χ0) is 24.2. The van der Waals surface area contributed by atoms with Crippen molar-refractivity contribution in [2.24, 2.45) is 0 Å². The molecule has 35 heavy (non-hydrogen) atoms. The van der Waals surface area contributed by atoms with Gasteiger partial charge in [0.1, 0.15) is 18.0 Å². The summed E-state index contributed by atoms with van der Waals surface area (Å²) in [6.07, 6.45) is 4.87. The summed E-state index contributed by atoms with van der Waals surface area (Å²) >= 11 is 0. The van der Waals surface area contributed by atoms with Crippen LogP contribution in [-0.4, -0.2) is 39.4 Å². The molecule has 2 N–H and O–H groups in total. The molecule has 1 aromatic carbocycles. The average Bonchev–Trinajstić information content (AvgIpc) is 2.87. The standard InChI is InChI=1S/C26H27FN6O.H2S/c1-15(2)21-8-5-17(13-30-21)22-11-23(33-14-32-22)31-12-16(3)18-6-7-20(27)24-19(26(34)28-4)9-10-29-25(18)24;/h5-11,13-16H,12H2,1-4H3,(H,28,34)(H,31,32,33);1H2/t16-;/m1./s1. The van der Waals surface area contributed by atoms with Crippen LogP contribution < -0.4 is 10.6 Å². The molecule has 0 saturated heterocycles. The van der Waals surface area contributed by atoms with Crippen LogP contribution in [0.4, 0.5) is 10.2 Å². The van der Waals surface area contributed by atoms with Gasteiger partial charge >= 0.3 is 0 Å². The zero-order valence-electron chi connectivity index (χ0n) is 20.1. The molecule has 9 heteroatoms. The molecule has 0 aliphatic carbocycles. The second-order valence-electron chi connectivity index (χ2n) is 8.49. The minimum atomic E-state index is -0.469. The van der Waals surface area contributed by atoms with Gasteiger partial charge in [-0.3, -0.25) is 14.8 Å². The molecule has 0 unspecified atom stereocenters. The van der Waals surface area contributed by atoms with Crippen LogP contribution in [0, 0.1) is 5.82 Å². The SMILES string of the molecule is CNC(=O)c1ccnc2c([C@H](C)CNc3cc(-c4ccc(C(C)C)nc4)ncn3)ccc(F)c12.S. The highest BCUT2D eigenvalue weighted by Crippen LogP contribution is 2.29. The highest BCUT2D eigenvalue weighted by atomic mass is 32.1. The summed E-state index contributed by atoms with van der Waals surface area (Å²) in [5, 5.41) is 6.13. The number of carbonyl (C=O) groups excluding carboxylic acids is 1. The minimum absolute atomic E-state index is 0. The van der Waals surface area contributed by atoms with Crippen molar-refractivity contribution < 1.29 is 9.18 Å². The average molecular weight is 493 g/mol. The first-order valence-electron chi connectivity index (χ1n) is 11.2. The monoisotopic (exact) mass is 492 g/mol. The second-order valence-corrected chi connectivity index (χ2v) is 8.49. The second kappa shape index (κ2) is 11.2. The van der Waals surface area contributed by atoms with Gasteiger partial charge in [0.05, 0.1) is 16.8 Å². The van der Waals surface area contributed by atoms with E-state index in [1.165, 1.54) is 31.7 Å². The number of rotatable bonds is 7. The Morgan fingerprint density at radius 2 is 1.83 bits per heavy atom. The number of benzene rings is 1. The lowest BCUT2D eigenvalue weighted by molar-refractivity contribution is 0.0964. The molecule has 4 aromatic rings. The van der Waals surface area contributed by atoms with Crippen molar-refractivity contribution in [3.05, 3.63) is 77.8 Å². The molecule has 0 bridgehead atoms. The summed E-state index contributed by atoms with van der Waals surface area (Å²) in [6.45, 7) is 6.77. The quantitative estimate of drug-likeness (QED) is 0.376. The van der Waals surface area contributed by atoms with Crippen LogP contribution in [0.15, 0.2) is 55.1 Å². The predicted molar refractivity (Wildman–Crippen MR) is 142 cm³/mol. The number of amides is 1. The normalized spacial score (nSPS) is 11.7. The van der Waals surface area contributed by atoms with E-state index in [1.807, 2.05) is 31.3 Å². The summed E-state index contributed by atoms with van der Waals surface area (Å²) in [5.74, 6) is 0.195. The summed E-state index contributed by atoms with van der Waals surface area (Å²) in [5.41, 5.74) is 4.32. The topological polar surface area (TPSA) is 92.7 Å². The Hall–Kier alpha value is -3.59. The third-order valence-electron chi connectivity index (χ3n) is 5.81. The molecule has 182 valence electrons. The Morgan fingerprint density at radius 3 is 2.51 bits per heavy atom. The number of nitrogens with zero attached hydrogens (tertiary/aromatic N) is 4. The molecule has 3 aromatic heterocycles. The Kier molecular flexibility index (Phi) is 8.34. The van der Waals surface area contributed by atoms with Crippen molar-refractivity contribution in [2.45, 2.75) is 32.6 Å². The summed E-state index contributed by atoms with van der Waals surface area (Å²) < 4.78 is 14.7. The third kappa shape index (κ3) is 5.57. The van der Waals surface area contributed by atoms with E-state index < -0.39 is 5.82 Å². The summed E-state index contributed by atoms with van der Waals surface area (Å²) in [6, 6.07) is 10.5. The van der Waals surface area contributed by atoms with Crippen molar-refractivity contribution in [3.8, 4) is 11.3 Å². The lowest BCUT2D eigenvalue weighted by atomic mass is 9.95. The molecular weight excluding hydrogens is 463 g/mol. The van der Waals surface area contributed by atoms with Crippen molar-refractivity contribution >= 4 is 36.1 Å². The van der Waals surface area contributed by atoms with Gasteiger partial charge in [-0.25, -0.2) is 14.4 Å². The Balaban J connectivity index is 0.00000342. The highest BCUT2D eigenvalue weighted by Gasteiger charge is 2.18. The first-order chi connectivity index (χ1) is 16.4. The van der Waals surface area contributed by atoms with Crippen LogP contribution in [0.2, 0.25) is 0 Å². The van der Waals surface area contributed by atoms with Crippen LogP contribution in [0.5, 0.6) is 0 Å². The number of pyridine rings is 2. The molecule has 7 nitrogen and oxygen atoms in total. The molecule has 0 aliphatic rings. The van der Waals surface area contributed by atoms with Crippen LogP contribution >= 0.6 is 13.5 Å². The van der Waals surface area contributed by atoms with Crippen LogP contribution in [0.25, 0.3) is 22.2 Å². The molecule has 0 spiro atoms. The lowest BCUT2D eigenvalue weighted by Gasteiger charge is -2.17. The molecule has 0 fully saturated rings.